The van der Waals surface area contributed by atoms with Gasteiger partial charge in [0.25, 0.3) is 0 Å². The summed E-state index contributed by atoms with van der Waals surface area (Å²) in [5.74, 6) is -0.0893. The molecule has 0 unspecified atom stereocenters. The lowest BCUT2D eigenvalue weighted by molar-refractivity contribution is -0.119. The van der Waals surface area contributed by atoms with Gasteiger partial charge in [-0.25, -0.2) is 4.68 Å². The smallest absolute Gasteiger partial charge is 0.248 e. The fraction of sp³-hybridized carbons (Fsp3) is 0.333. The predicted molar refractivity (Wildman–Crippen MR) is 79.4 cm³/mol. The van der Waals surface area contributed by atoms with Crippen LogP contribution in [-0.4, -0.2) is 33.7 Å². The van der Waals surface area contributed by atoms with Crippen LogP contribution in [0.3, 0.4) is 0 Å². The van der Waals surface area contributed by atoms with Crippen molar-refractivity contribution in [1.29, 1.82) is 0 Å². The highest BCUT2D eigenvalue weighted by Gasteiger charge is 2.17. The monoisotopic (exact) mass is 286 g/mol. The largest absolute Gasteiger partial charge is 0.311 e. The molecule has 21 heavy (non-hydrogen) atoms. The minimum absolute atomic E-state index is 0.0639. The summed E-state index contributed by atoms with van der Waals surface area (Å²) < 4.78 is 1.45. The summed E-state index contributed by atoms with van der Waals surface area (Å²) in [4.78, 5) is 24.9. The number of hydrogen-bond acceptors (Lipinski definition) is 4. The van der Waals surface area contributed by atoms with Crippen LogP contribution in [-0.2, 0) is 11.3 Å². The van der Waals surface area contributed by atoms with E-state index >= 15 is 0 Å². The lowest BCUT2D eigenvalue weighted by Crippen LogP contribution is -2.34. The number of anilines is 1. The molecule has 110 valence electrons. The minimum atomic E-state index is -0.0893. The Morgan fingerprint density at radius 1 is 1.38 bits per heavy atom. The highest BCUT2D eigenvalue weighted by Crippen LogP contribution is 2.16. The molecule has 0 aliphatic rings. The zero-order chi connectivity index (χ0) is 15.4. The molecule has 1 heterocycles. The molecule has 0 saturated carbocycles. The Balaban J connectivity index is 2.21. The SMILES string of the molecule is CCN(C(=O)Cn1nnc(C=O)c1C)c1cccc(C)c1. The maximum atomic E-state index is 12.5. The van der Waals surface area contributed by atoms with Gasteiger partial charge in [0.1, 0.15) is 12.2 Å². The van der Waals surface area contributed by atoms with Crippen molar-refractivity contribution in [2.45, 2.75) is 27.3 Å². The number of carbonyl (C=O) groups excluding carboxylic acids is 2. The molecule has 1 aromatic heterocycles. The maximum Gasteiger partial charge on any atom is 0.248 e. The van der Waals surface area contributed by atoms with Crippen molar-refractivity contribution in [1.82, 2.24) is 15.0 Å². The molecule has 2 rings (SSSR count). The van der Waals surface area contributed by atoms with Crippen molar-refractivity contribution in [3.63, 3.8) is 0 Å². The van der Waals surface area contributed by atoms with Gasteiger partial charge >= 0.3 is 0 Å². The lowest BCUT2D eigenvalue weighted by atomic mass is 10.2. The molecule has 6 nitrogen and oxygen atoms in total. The van der Waals surface area contributed by atoms with E-state index in [2.05, 4.69) is 10.3 Å². The summed E-state index contributed by atoms with van der Waals surface area (Å²) in [7, 11) is 0. The second kappa shape index (κ2) is 6.30. The van der Waals surface area contributed by atoms with Gasteiger partial charge in [-0.05, 0) is 38.5 Å². The first-order chi connectivity index (χ1) is 10.1. The maximum absolute atomic E-state index is 12.5. The Labute approximate surface area is 123 Å². The summed E-state index contributed by atoms with van der Waals surface area (Å²) in [6.07, 6.45) is 0.640. The van der Waals surface area contributed by atoms with Crippen molar-refractivity contribution < 1.29 is 9.59 Å². The third-order valence-corrected chi connectivity index (χ3v) is 3.35. The van der Waals surface area contributed by atoms with Crippen LogP contribution in [0.15, 0.2) is 24.3 Å². The van der Waals surface area contributed by atoms with Crippen LogP contribution in [0.1, 0.15) is 28.7 Å². The van der Waals surface area contributed by atoms with Gasteiger partial charge in [-0.3, -0.25) is 9.59 Å². The Hall–Kier alpha value is -2.50. The zero-order valence-corrected chi connectivity index (χ0v) is 12.4. The molecule has 0 aliphatic carbocycles. The van der Waals surface area contributed by atoms with Gasteiger partial charge in [0, 0.05) is 12.2 Å². The molecule has 0 radical (unpaired) electrons. The van der Waals surface area contributed by atoms with Gasteiger partial charge in [0.05, 0.1) is 5.69 Å². The number of aromatic nitrogens is 3. The van der Waals surface area contributed by atoms with Gasteiger partial charge in [0.15, 0.2) is 6.29 Å². The molecule has 0 aliphatic heterocycles. The summed E-state index contributed by atoms with van der Waals surface area (Å²) >= 11 is 0. The molecule has 0 fully saturated rings. The number of amides is 1. The predicted octanol–water partition coefficient (Wildman–Crippen LogP) is 1.76. The summed E-state index contributed by atoms with van der Waals surface area (Å²) in [5.41, 5.74) is 2.81. The Morgan fingerprint density at radius 2 is 2.14 bits per heavy atom. The molecule has 0 atom stereocenters. The first-order valence-corrected chi connectivity index (χ1v) is 6.79. The standard InChI is InChI=1S/C15H18N4O2/c1-4-18(13-7-5-6-11(2)8-13)15(21)9-19-12(3)14(10-20)16-17-19/h5-8,10H,4,9H2,1-3H3. The van der Waals surface area contributed by atoms with Crippen LogP contribution in [0.25, 0.3) is 0 Å². The van der Waals surface area contributed by atoms with Gasteiger partial charge in [-0.15, -0.1) is 5.10 Å². The summed E-state index contributed by atoms with van der Waals surface area (Å²) in [6.45, 7) is 6.26. The average molecular weight is 286 g/mol. The van der Waals surface area contributed by atoms with Crippen LogP contribution in [0, 0.1) is 13.8 Å². The van der Waals surface area contributed by atoms with Crippen molar-refractivity contribution in [3.8, 4) is 0 Å². The first-order valence-electron chi connectivity index (χ1n) is 6.79. The summed E-state index contributed by atoms with van der Waals surface area (Å²) in [5, 5.41) is 7.58. The van der Waals surface area contributed by atoms with E-state index in [1.807, 2.05) is 38.1 Å². The molecular weight excluding hydrogens is 268 g/mol. The van der Waals surface area contributed by atoms with E-state index in [-0.39, 0.29) is 18.1 Å². The van der Waals surface area contributed by atoms with Crippen molar-refractivity contribution in [3.05, 3.63) is 41.2 Å². The van der Waals surface area contributed by atoms with E-state index in [0.717, 1.165) is 11.3 Å². The molecule has 1 amide bonds. The molecule has 0 bridgehead atoms. The molecular formula is C15H18N4O2. The molecule has 0 spiro atoms. The number of hydrogen-bond donors (Lipinski definition) is 0. The summed E-state index contributed by atoms with van der Waals surface area (Å²) in [6, 6.07) is 7.78. The lowest BCUT2D eigenvalue weighted by Gasteiger charge is -2.21. The quantitative estimate of drug-likeness (QED) is 0.785. The first kappa shape index (κ1) is 14.9. The van der Waals surface area contributed by atoms with Crippen LogP contribution in [0.5, 0.6) is 0 Å². The number of rotatable bonds is 5. The fourth-order valence-electron chi connectivity index (χ4n) is 2.15. The number of aldehydes is 1. The van der Waals surface area contributed by atoms with Crippen molar-refractivity contribution in [2.24, 2.45) is 0 Å². The van der Waals surface area contributed by atoms with Crippen LogP contribution >= 0.6 is 0 Å². The normalized spacial score (nSPS) is 10.4. The highest BCUT2D eigenvalue weighted by atomic mass is 16.2. The number of aryl methyl sites for hydroxylation is 1. The molecule has 6 heteroatoms. The highest BCUT2D eigenvalue weighted by molar-refractivity contribution is 5.93. The molecule has 1 aromatic carbocycles. The van der Waals surface area contributed by atoms with Crippen molar-refractivity contribution >= 4 is 17.9 Å². The van der Waals surface area contributed by atoms with Gasteiger partial charge in [-0.2, -0.15) is 0 Å². The Kier molecular flexibility index (Phi) is 4.47. The van der Waals surface area contributed by atoms with Crippen molar-refractivity contribution in [2.75, 3.05) is 11.4 Å². The Morgan fingerprint density at radius 3 is 2.71 bits per heavy atom. The fourth-order valence-corrected chi connectivity index (χ4v) is 2.15. The van der Waals surface area contributed by atoms with E-state index < -0.39 is 0 Å². The second-order valence-electron chi connectivity index (χ2n) is 4.81. The van der Waals surface area contributed by atoms with E-state index in [9.17, 15) is 9.59 Å². The third kappa shape index (κ3) is 3.16. The second-order valence-corrected chi connectivity index (χ2v) is 4.81. The van der Waals surface area contributed by atoms with E-state index in [4.69, 9.17) is 0 Å². The van der Waals surface area contributed by atoms with Gasteiger partial charge in [0.2, 0.25) is 5.91 Å². The zero-order valence-electron chi connectivity index (χ0n) is 12.4. The van der Waals surface area contributed by atoms with E-state index in [1.165, 1.54) is 4.68 Å². The van der Waals surface area contributed by atoms with Crippen LogP contribution in [0.4, 0.5) is 5.69 Å². The van der Waals surface area contributed by atoms with Crippen LogP contribution in [0.2, 0.25) is 0 Å². The number of benzene rings is 1. The molecule has 0 N–H and O–H groups in total. The Bertz CT molecular complexity index is 663. The van der Waals surface area contributed by atoms with E-state index in [1.54, 1.807) is 11.8 Å². The molecule has 2 aromatic rings. The topological polar surface area (TPSA) is 68.1 Å². The average Bonchev–Trinajstić information content (AvgIpc) is 2.80. The minimum Gasteiger partial charge on any atom is -0.311 e. The number of nitrogens with zero attached hydrogens (tertiary/aromatic N) is 4. The van der Waals surface area contributed by atoms with Crippen LogP contribution < -0.4 is 4.90 Å². The van der Waals surface area contributed by atoms with Gasteiger partial charge < -0.3 is 4.90 Å². The third-order valence-electron chi connectivity index (χ3n) is 3.35. The molecule has 0 saturated heterocycles. The number of likely N-dealkylation sites (N-methyl/N-ethyl adjacent to an activating group) is 1. The van der Waals surface area contributed by atoms with Gasteiger partial charge in [-0.1, -0.05) is 17.3 Å². The van der Waals surface area contributed by atoms with E-state index in [0.29, 0.717) is 18.5 Å². The number of carbonyl (C=O) groups is 2.